The van der Waals surface area contributed by atoms with Gasteiger partial charge < -0.3 is 19.0 Å². The van der Waals surface area contributed by atoms with Gasteiger partial charge in [-0.1, -0.05) is 5.16 Å². The molecular formula is C17H17N3O5S. The Balaban J connectivity index is 1.63. The molecule has 0 radical (unpaired) electrons. The predicted octanol–water partition coefficient (Wildman–Crippen LogP) is 3.37. The van der Waals surface area contributed by atoms with Crippen LogP contribution in [-0.4, -0.2) is 29.1 Å². The molecule has 0 aliphatic carbocycles. The fourth-order valence-electron chi connectivity index (χ4n) is 2.33. The molecule has 0 aliphatic heterocycles. The predicted molar refractivity (Wildman–Crippen MR) is 94.1 cm³/mol. The minimum atomic E-state index is -0.470. The average Bonchev–Trinajstić information content (AvgIpc) is 3.34. The van der Waals surface area contributed by atoms with Crippen LogP contribution >= 0.6 is 11.3 Å². The van der Waals surface area contributed by atoms with E-state index in [1.54, 1.807) is 12.1 Å². The number of carbonyl (C=O) groups is 2. The van der Waals surface area contributed by atoms with Gasteiger partial charge in [0, 0.05) is 17.7 Å². The fourth-order valence-corrected chi connectivity index (χ4v) is 3.40. The number of methoxy groups -OCH3 is 1. The average molecular weight is 375 g/mol. The number of rotatable bonds is 6. The second-order valence-electron chi connectivity index (χ2n) is 5.52. The van der Waals surface area contributed by atoms with E-state index < -0.39 is 5.97 Å². The Morgan fingerprint density at radius 3 is 2.85 bits per heavy atom. The van der Waals surface area contributed by atoms with Gasteiger partial charge in [0.1, 0.15) is 5.00 Å². The molecule has 136 valence electrons. The SMILES string of the molecule is COC(=O)c1c(NC(=O)CCc2nc(-c3ccco3)no2)sc(C)c1C. The number of aromatic nitrogens is 2. The first-order valence-electron chi connectivity index (χ1n) is 7.84. The fraction of sp³-hybridized carbons (Fsp3) is 0.294. The first kappa shape index (κ1) is 17.9. The number of nitrogens with one attached hydrogen (secondary N) is 1. The van der Waals surface area contributed by atoms with E-state index in [1.165, 1.54) is 24.7 Å². The van der Waals surface area contributed by atoms with Crippen molar-refractivity contribution >= 4 is 28.2 Å². The summed E-state index contributed by atoms with van der Waals surface area (Å²) >= 11 is 1.34. The molecule has 1 amide bonds. The maximum absolute atomic E-state index is 12.2. The lowest BCUT2D eigenvalue weighted by atomic mass is 10.1. The van der Waals surface area contributed by atoms with Gasteiger partial charge in [-0.15, -0.1) is 11.3 Å². The van der Waals surface area contributed by atoms with Gasteiger partial charge in [0.05, 0.1) is 18.9 Å². The smallest absolute Gasteiger partial charge is 0.341 e. The molecule has 0 saturated carbocycles. The molecule has 3 aromatic rings. The van der Waals surface area contributed by atoms with Crippen molar-refractivity contribution in [3.05, 3.63) is 40.3 Å². The Labute approximate surface area is 153 Å². The van der Waals surface area contributed by atoms with Crippen molar-refractivity contribution in [2.75, 3.05) is 12.4 Å². The van der Waals surface area contributed by atoms with Crippen LogP contribution < -0.4 is 5.32 Å². The van der Waals surface area contributed by atoms with Crippen LogP contribution in [0.3, 0.4) is 0 Å². The molecule has 0 spiro atoms. The number of ether oxygens (including phenoxy) is 1. The summed E-state index contributed by atoms with van der Waals surface area (Å²) in [6, 6.07) is 3.44. The Morgan fingerprint density at radius 1 is 1.35 bits per heavy atom. The van der Waals surface area contributed by atoms with Gasteiger partial charge in [-0.3, -0.25) is 4.79 Å². The lowest BCUT2D eigenvalue weighted by molar-refractivity contribution is -0.116. The molecule has 3 aromatic heterocycles. The van der Waals surface area contributed by atoms with Gasteiger partial charge in [0.2, 0.25) is 17.6 Å². The van der Waals surface area contributed by atoms with E-state index >= 15 is 0 Å². The van der Waals surface area contributed by atoms with Crippen molar-refractivity contribution in [2.24, 2.45) is 0 Å². The first-order chi connectivity index (χ1) is 12.5. The molecule has 3 rings (SSSR count). The maximum Gasteiger partial charge on any atom is 0.341 e. The van der Waals surface area contributed by atoms with E-state index in [-0.39, 0.29) is 18.7 Å². The normalized spacial score (nSPS) is 10.7. The molecule has 8 nitrogen and oxygen atoms in total. The van der Waals surface area contributed by atoms with Crippen LogP contribution in [-0.2, 0) is 16.0 Å². The molecule has 0 atom stereocenters. The Morgan fingerprint density at radius 2 is 2.15 bits per heavy atom. The topological polar surface area (TPSA) is 107 Å². The van der Waals surface area contributed by atoms with E-state index in [9.17, 15) is 9.59 Å². The molecule has 0 aromatic carbocycles. The zero-order valence-corrected chi connectivity index (χ0v) is 15.3. The van der Waals surface area contributed by atoms with Gasteiger partial charge in [0.15, 0.2) is 5.76 Å². The zero-order chi connectivity index (χ0) is 18.7. The number of furan rings is 1. The summed E-state index contributed by atoms with van der Waals surface area (Å²) in [6.45, 7) is 3.71. The standard InChI is InChI=1S/C17H17N3O5S/c1-9-10(2)26-16(14(9)17(22)23-3)18-12(21)6-7-13-19-15(20-25-13)11-5-4-8-24-11/h4-5,8H,6-7H2,1-3H3,(H,18,21). The van der Waals surface area contributed by atoms with Crippen LogP contribution in [0.2, 0.25) is 0 Å². The highest BCUT2D eigenvalue weighted by atomic mass is 32.1. The van der Waals surface area contributed by atoms with E-state index in [2.05, 4.69) is 15.5 Å². The summed E-state index contributed by atoms with van der Waals surface area (Å²) in [5.74, 6) is 0.439. The number of nitrogens with zero attached hydrogens (tertiary/aromatic N) is 2. The number of anilines is 1. The van der Waals surface area contributed by atoms with Crippen LogP contribution in [0.15, 0.2) is 27.3 Å². The second-order valence-corrected chi connectivity index (χ2v) is 6.74. The number of amides is 1. The Bertz CT molecular complexity index is 927. The van der Waals surface area contributed by atoms with E-state index in [4.69, 9.17) is 13.7 Å². The van der Waals surface area contributed by atoms with Crippen molar-refractivity contribution in [3.63, 3.8) is 0 Å². The highest BCUT2D eigenvalue weighted by Crippen LogP contribution is 2.33. The molecular weight excluding hydrogens is 358 g/mol. The van der Waals surface area contributed by atoms with Crippen molar-refractivity contribution < 1.29 is 23.3 Å². The molecule has 0 saturated heterocycles. The molecule has 3 heterocycles. The summed E-state index contributed by atoms with van der Waals surface area (Å²) in [5, 5.41) is 7.06. The monoisotopic (exact) mass is 375 g/mol. The highest BCUT2D eigenvalue weighted by Gasteiger charge is 2.21. The minimum absolute atomic E-state index is 0.135. The zero-order valence-electron chi connectivity index (χ0n) is 14.5. The summed E-state index contributed by atoms with van der Waals surface area (Å²) < 4.78 is 15.1. The Hall–Kier alpha value is -2.94. The second kappa shape index (κ2) is 7.52. The maximum atomic E-state index is 12.2. The quantitative estimate of drug-likeness (QED) is 0.658. The van der Waals surface area contributed by atoms with Crippen molar-refractivity contribution in [2.45, 2.75) is 26.7 Å². The number of esters is 1. The molecule has 26 heavy (non-hydrogen) atoms. The van der Waals surface area contributed by atoms with Gasteiger partial charge >= 0.3 is 5.97 Å². The van der Waals surface area contributed by atoms with Crippen LogP contribution in [0.1, 0.15) is 33.1 Å². The molecule has 0 unspecified atom stereocenters. The molecule has 0 fully saturated rings. The summed E-state index contributed by atoms with van der Waals surface area (Å²) in [7, 11) is 1.31. The number of carbonyl (C=O) groups excluding carboxylic acids is 2. The lowest BCUT2D eigenvalue weighted by Gasteiger charge is -2.05. The van der Waals surface area contributed by atoms with Crippen LogP contribution in [0, 0.1) is 13.8 Å². The van der Waals surface area contributed by atoms with Crippen molar-refractivity contribution in [1.82, 2.24) is 10.1 Å². The van der Waals surface area contributed by atoms with Gasteiger partial charge in [-0.25, -0.2) is 4.79 Å². The van der Waals surface area contributed by atoms with Gasteiger partial charge in [-0.05, 0) is 31.5 Å². The van der Waals surface area contributed by atoms with Crippen LogP contribution in [0.4, 0.5) is 5.00 Å². The third-order valence-corrected chi connectivity index (χ3v) is 4.93. The number of hydrogen-bond donors (Lipinski definition) is 1. The van der Waals surface area contributed by atoms with E-state index in [0.29, 0.717) is 28.0 Å². The molecule has 1 N–H and O–H groups in total. The highest BCUT2D eigenvalue weighted by molar-refractivity contribution is 7.16. The van der Waals surface area contributed by atoms with Crippen molar-refractivity contribution in [3.8, 4) is 11.6 Å². The number of thiophene rings is 1. The van der Waals surface area contributed by atoms with Crippen molar-refractivity contribution in [1.29, 1.82) is 0 Å². The third-order valence-electron chi connectivity index (χ3n) is 3.80. The number of hydrogen-bond acceptors (Lipinski definition) is 8. The number of aryl methyl sites for hydroxylation is 2. The third kappa shape index (κ3) is 3.67. The minimum Gasteiger partial charge on any atom is -0.465 e. The van der Waals surface area contributed by atoms with Gasteiger partial charge in [-0.2, -0.15) is 4.98 Å². The van der Waals surface area contributed by atoms with Crippen LogP contribution in [0.5, 0.6) is 0 Å². The largest absolute Gasteiger partial charge is 0.465 e. The molecule has 0 bridgehead atoms. The van der Waals surface area contributed by atoms with Crippen LogP contribution in [0.25, 0.3) is 11.6 Å². The summed E-state index contributed by atoms with van der Waals surface area (Å²) in [5.41, 5.74) is 1.19. The summed E-state index contributed by atoms with van der Waals surface area (Å²) in [4.78, 5) is 29.3. The van der Waals surface area contributed by atoms with Gasteiger partial charge in [0.25, 0.3) is 0 Å². The lowest BCUT2D eigenvalue weighted by Crippen LogP contribution is -2.14. The van der Waals surface area contributed by atoms with E-state index in [0.717, 1.165) is 10.4 Å². The van der Waals surface area contributed by atoms with E-state index in [1.807, 2.05) is 13.8 Å². The Kier molecular flexibility index (Phi) is 5.17. The molecule has 9 heteroatoms. The first-order valence-corrected chi connectivity index (χ1v) is 8.66. The summed E-state index contributed by atoms with van der Waals surface area (Å²) in [6.07, 6.45) is 1.93. The molecule has 0 aliphatic rings.